The van der Waals surface area contributed by atoms with Crippen molar-refractivity contribution in [1.82, 2.24) is 5.32 Å². The molecular formula is C13H15BrClNO2. The molecule has 2 rings (SSSR count). The molecule has 1 aliphatic heterocycles. The summed E-state index contributed by atoms with van der Waals surface area (Å²) in [5.74, 6) is -0.157. The van der Waals surface area contributed by atoms with Crippen LogP contribution in [0.15, 0.2) is 22.7 Å². The molecule has 1 unspecified atom stereocenters. The lowest BCUT2D eigenvalue weighted by molar-refractivity contribution is 0.0169. The van der Waals surface area contributed by atoms with E-state index in [2.05, 4.69) is 21.2 Å². The fraction of sp³-hybridized carbons (Fsp3) is 0.462. The highest BCUT2D eigenvalue weighted by atomic mass is 79.9. The molecule has 18 heavy (non-hydrogen) atoms. The maximum atomic E-state index is 12.0. The Bertz CT molecular complexity index is 433. The predicted octanol–water partition coefficient (Wildman–Crippen LogP) is 3.40. The van der Waals surface area contributed by atoms with Gasteiger partial charge in [0, 0.05) is 17.6 Å². The maximum absolute atomic E-state index is 12.0. The molecule has 1 aromatic carbocycles. The van der Waals surface area contributed by atoms with Crippen LogP contribution in [-0.2, 0) is 4.74 Å². The van der Waals surface area contributed by atoms with Gasteiger partial charge in [-0.15, -0.1) is 0 Å². The number of rotatable bonds is 3. The molecule has 5 heteroatoms. The first-order valence-corrected chi connectivity index (χ1v) is 7.19. The van der Waals surface area contributed by atoms with Crippen LogP contribution in [0.25, 0.3) is 0 Å². The van der Waals surface area contributed by atoms with Gasteiger partial charge in [-0.25, -0.2) is 0 Å². The van der Waals surface area contributed by atoms with E-state index in [4.69, 9.17) is 16.3 Å². The summed E-state index contributed by atoms with van der Waals surface area (Å²) in [6, 6.07) is 5.31. The van der Waals surface area contributed by atoms with E-state index in [9.17, 15) is 4.79 Å². The van der Waals surface area contributed by atoms with E-state index in [0.717, 1.165) is 30.3 Å². The summed E-state index contributed by atoms with van der Waals surface area (Å²) in [7, 11) is 0. The van der Waals surface area contributed by atoms with E-state index in [1.807, 2.05) is 6.07 Å². The Morgan fingerprint density at radius 1 is 1.50 bits per heavy atom. The fourth-order valence-electron chi connectivity index (χ4n) is 1.95. The van der Waals surface area contributed by atoms with Crippen molar-refractivity contribution in [2.45, 2.75) is 25.4 Å². The Morgan fingerprint density at radius 2 is 2.33 bits per heavy atom. The van der Waals surface area contributed by atoms with Crippen molar-refractivity contribution in [3.05, 3.63) is 33.3 Å². The summed E-state index contributed by atoms with van der Waals surface area (Å²) in [5, 5.41) is 3.31. The van der Waals surface area contributed by atoms with Gasteiger partial charge in [0.2, 0.25) is 0 Å². The molecule has 98 valence electrons. The standard InChI is InChI=1S/C13H15BrClNO2/c14-11-6-3-5-10(12(11)15)13(17)16-8-9-4-1-2-7-18-9/h3,5-6,9H,1-2,4,7-8H2,(H,16,17). The predicted molar refractivity (Wildman–Crippen MR) is 75.1 cm³/mol. The maximum Gasteiger partial charge on any atom is 0.252 e. The molecule has 1 atom stereocenters. The van der Waals surface area contributed by atoms with E-state index in [1.165, 1.54) is 0 Å². The molecule has 0 aromatic heterocycles. The van der Waals surface area contributed by atoms with Crippen molar-refractivity contribution in [2.75, 3.05) is 13.2 Å². The van der Waals surface area contributed by atoms with Crippen LogP contribution in [0.5, 0.6) is 0 Å². The first kappa shape index (κ1) is 13.8. The van der Waals surface area contributed by atoms with E-state index in [0.29, 0.717) is 17.1 Å². The number of hydrogen-bond acceptors (Lipinski definition) is 2. The number of hydrogen-bond donors (Lipinski definition) is 1. The third-order valence-electron chi connectivity index (χ3n) is 2.96. The first-order valence-electron chi connectivity index (χ1n) is 6.02. The summed E-state index contributed by atoms with van der Waals surface area (Å²) in [4.78, 5) is 12.0. The Morgan fingerprint density at radius 3 is 3.06 bits per heavy atom. The zero-order valence-electron chi connectivity index (χ0n) is 9.92. The van der Waals surface area contributed by atoms with Gasteiger partial charge in [0.1, 0.15) is 0 Å². The minimum Gasteiger partial charge on any atom is -0.376 e. The SMILES string of the molecule is O=C(NCC1CCCCO1)c1cccc(Br)c1Cl. The topological polar surface area (TPSA) is 38.3 Å². The van der Waals surface area contributed by atoms with Crippen molar-refractivity contribution in [1.29, 1.82) is 0 Å². The van der Waals surface area contributed by atoms with Crippen LogP contribution < -0.4 is 5.32 Å². The lowest BCUT2D eigenvalue weighted by Gasteiger charge is -2.22. The molecule has 0 radical (unpaired) electrons. The lowest BCUT2D eigenvalue weighted by Crippen LogP contribution is -2.35. The highest BCUT2D eigenvalue weighted by Gasteiger charge is 2.17. The molecular weight excluding hydrogens is 318 g/mol. The molecule has 3 nitrogen and oxygen atoms in total. The molecule has 1 N–H and O–H groups in total. The highest BCUT2D eigenvalue weighted by molar-refractivity contribution is 9.10. The molecule has 1 saturated heterocycles. The van der Waals surface area contributed by atoms with Crippen LogP contribution in [0.3, 0.4) is 0 Å². The van der Waals surface area contributed by atoms with Crippen molar-refractivity contribution in [3.8, 4) is 0 Å². The molecule has 0 saturated carbocycles. The van der Waals surface area contributed by atoms with Gasteiger partial charge in [-0.2, -0.15) is 0 Å². The molecule has 1 aromatic rings. The second kappa shape index (κ2) is 6.55. The summed E-state index contributed by atoms with van der Waals surface area (Å²) < 4.78 is 6.29. The molecule has 1 heterocycles. The smallest absolute Gasteiger partial charge is 0.252 e. The largest absolute Gasteiger partial charge is 0.376 e. The number of ether oxygens (including phenoxy) is 1. The van der Waals surface area contributed by atoms with E-state index in [1.54, 1.807) is 12.1 Å². The zero-order chi connectivity index (χ0) is 13.0. The Hall–Kier alpha value is -0.580. The average molecular weight is 333 g/mol. The molecule has 1 aliphatic rings. The zero-order valence-corrected chi connectivity index (χ0v) is 12.3. The number of nitrogens with one attached hydrogen (secondary N) is 1. The quantitative estimate of drug-likeness (QED) is 0.921. The minimum absolute atomic E-state index is 0.133. The first-order chi connectivity index (χ1) is 8.68. The summed E-state index contributed by atoms with van der Waals surface area (Å²) >= 11 is 9.38. The van der Waals surface area contributed by atoms with Crippen molar-refractivity contribution >= 4 is 33.4 Å². The number of carbonyl (C=O) groups excluding carboxylic acids is 1. The van der Waals surface area contributed by atoms with Gasteiger partial charge in [-0.1, -0.05) is 17.7 Å². The van der Waals surface area contributed by atoms with Crippen LogP contribution in [0.1, 0.15) is 29.6 Å². The van der Waals surface area contributed by atoms with Crippen LogP contribution in [-0.4, -0.2) is 25.2 Å². The number of halogens is 2. The molecule has 0 spiro atoms. The van der Waals surface area contributed by atoms with Crippen LogP contribution >= 0.6 is 27.5 Å². The normalized spacial score (nSPS) is 19.6. The molecule has 1 fully saturated rings. The van der Waals surface area contributed by atoms with Crippen molar-refractivity contribution in [3.63, 3.8) is 0 Å². The van der Waals surface area contributed by atoms with Crippen molar-refractivity contribution < 1.29 is 9.53 Å². The number of benzene rings is 1. The van der Waals surface area contributed by atoms with Crippen LogP contribution in [0.4, 0.5) is 0 Å². The second-order valence-electron chi connectivity index (χ2n) is 4.30. The number of amides is 1. The summed E-state index contributed by atoms with van der Waals surface area (Å²) in [6.45, 7) is 1.33. The number of carbonyl (C=O) groups is 1. The van der Waals surface area contributed by atoms with Gasteiger partial charge in [-0.05, 0) is 47.3 Å². The van der Waals surface area contributed by atoms with Gasteiger partial charge in [0.25, 0.3) is 5.91 Å². The Balaban J connectivity index is 1.93. The van der Waals surface area contributed by atoms with Gasteiger partial charge < -0.3 is 10.1 Å². The highest BCUT2D eigenvalue weighted by Crippen LogP contribution is 2.25. The average Bonchev–Trinajstić information content (AvgIpc) is 2.40. The van der Waals surface area contributed by atoms with E-state index in [-0.39, 0.29) is 12.0 Å². The Labute approximate surface area is 120 Å². The summed E-state index contributed by atoms with van der Waals surface area (Å²) in [6.07, 6.45) is 3.42. The third-order valence-corrected chi connectivity index (χ3v) is 4.26. The summed E-state index contributed by atoms with van der Waals surface area (Å²) in [5.41, 5.74) is 0.488. The Kier molecular flexibility index (Phi) is 5.03. The minimum atomic E-state index is -0.157. The van der Waals surface area contributed by atoms with E-state index >= 15 is 0 Å². The van der Waals surface area contributed by atoms with Gasteiger partial charge in [0.15, 0.2) is 0 Å². The van der Waals surface area contributed by atoms with E-state index < -0.39 is 0 Å². The lowest BCUT2D eigenvalue weighted by atomic mass is 10.1. The molecule has 0 aliphatic carbocycles. The van der Waals surface area contributed by atoms with Crippen molar-refractivity contribution in [2.24, 2.45) is 0 Å². The third kappa shape index (κ3) is 3.46. The monoisotopic (exact) mass is 331 g/mol. The second-order valence-corrected chi connectivity index (χ2v) is 5.53. The fourth-order valence-corrected chi connectivity index (χ4v) is 2.53. The van der Waals surface area contributed by atoms with Crippen LogP contribution in [0, 0.1) is 0 Å². The molecule has 0 bridgehead atoms. The van der Waals surface area contributed by atoms with Crippen LogP contribution in [0.2, 0.25) is 5.02 Å². The van der Waals surface area contributed by atoms with Gasteiger partial charge >= 0.3 is 0 Å². The molecule has 1 amide bonds. The van der Waals surface area contributed by atoms with Gasteiger partial charge in [0.05, 0.1) is 16.7 Å². The van der Waals surface area contributed by atoms with Gasteiger partial charge in [-0.3, -0.25) is 4.79 Å².